The molecule has 0 saturated carbocycles. The number of carbonyl (C=O) groups excluding carboxylic acids is 1. The molecule has 0 saturated heterocycles. The van der Waals surface area contributed by atoms with Crippen LogP contribution in [0.3, 0.4) is 0 Å². The van der Waals surface area contributed by atoms with Crippen LogP contribution in [-0.4, -0.2) is 25.3 Å². The lowest BCUT2D eigenvalue weighted by Crippen LogP contribution is -2.25. The first-order valence-corrected chi connectivity index (χ1v) is 11.5. The Morgan fingerprint density at radius 2 is 1.56 bits per heavy atom. The molecule has 3 aromatic carbocycles. The Balaban J connectivity index is 1.78. The summed E-state index contributed by atoms with van der Waals surface area (Å²) in [5.74, 6) is -0.846. The van der Waals surface area contributed by atoms with E-state index in [1.54, 1.807) is 25.1 Å². The highest BCUT2D eigenvalue weighted by Gasteiger charge is 2.41. The lowest BCUT2D eigenvalue weighted by Gasteiger charge is -2.20. The summed E-state index contributed by atoms with van der Waals surface area (Å²) >= 11 is 0. The second-order valence-corrected chi connectivity index (χ2v) is 8.96. The zero-order chi connectivity index (χ0) is 22.7. The van der Waals surface area contributed by atoms with Crippen molar-refractivity contribution in [2.45, 2.75) is 18.4 Å². The van der Waals surface area contributed by atoms with Crippen molar-refractivity contribution in [2.24, 2.45) is 0 Å². The van der Waals surface area contributed by atoms with E-state index in [4.69, 9.17) is 4.74 Å². The predicted octanol–water partition coefficient (Wildman–Crippen LogP) is 4.36. The number of sulfonamides is 1. The molecule has 6 nitrogen and oxygen atoms in total. The van der Waals surface area contributed by atoms with E-state index < -0.39 is 16.0 Å². The third-order valence-corrected chi connectivity index (χ3v) is 6.98. The number of rotatable bonds is 5. The van der Waals surface area contributed by atoms with Gasteiger partial charge in [-0.3, -0.25) is 4.31 Å². The number of ether oxygens (including phenoxy) is 1. The smallest absolute Gasteiger partial charge is 0.351 e. The number of esters is 1. The summed E-state index contributed by atoms with van der Waals surface area (Å²) < 4.78 is 32.8. The van der Waals surface area contributed by atoms with E-state index in [1.165, 1.54) is 6.07 Å². The third kappa shape index (κ3) is 3.77. The van der Waals surface area contributed by atoms with Crippen molar-refractivity contribution in [3.63, 3.8) is 0 Å². The minimum absolute atomic E-state index is 0.0218. The van der Waals surface area contributed by atoms with E-state index in [0.29, 0.717) is 5.56 Å². The highest BCUT2D eigenvalue weighted by molar-refractivity contribution is 7.90. The fourth-order valence-electron chi connectivity index (χ4n) is 3.68. The van der Waals surface area contributed by atoms with Gasteiger partial charge in [0.1, 0.15) is 6.07 Å². The molecule has 0 unspecified atom stereocenters. The normalized spacial score (nSPS) is 15.6. The van der Waals surface area contributed by atoms with E-state index in [1.807, 2.05) is 60.7 Å². The van der Waals surface area contributed by atoms with Gasteiger partial charge in [-0.2, -0.15) is 5.26 Å². The van der Waals surface area contributed by atoms with Crippen LogP contribution in [-0.2, 0) is 26.1 Å². The van der Waals surface area contributed by atoms with Crippen LogP contribution >= 0.6 is 0 Å². The van der Waals surface area contributed by atoms with Crippen molar-refractivity contribution in [2.75, 3.05) is 6.61 Å². The molecule has 1 aliphatic rings. The molecule has 0 N–H and O–H groups in total. The molecular weight excluding hydrogens is 424 g/mol. The molecule has 0 atom stereocenters. The first-order chi connectivity index (χ1) is 15.5. The van der Waals surface area contributed by atoms with Gasteiger partial charge in [0.05, 0.1) is 23.7 Å². The lowest BCUT2D eigenvalue weighted by molar-refractivity contribution is -0.137. The molecule has 0 bridgehead atoms. The zero-order valence-electron chi connectivity index (χ0n) is 17.4. The molecule has 4 rings (SSSR count). The Bertz CT molecular complexity index is 1340. The van der Waals surface area contributed by atoms with Crippen LogP contribution in [0.5, 0.6) is 0 Å². The van der Waals surface area contributed by atoms with Crippen molar-refractivity contribution < 1.29 is 17.9 Å². The van der Waals surface area contributed by atoms with Crippen LogP contribution in [0, 0.1) is 11.3 Å². The maximum absolute atomic E-state index is 13.3. The van der Waals surface area contributed by atoms with Crippen LogP contribution in [0.4, 0.5) is 0 Å². The number of nitrogens with zero attached hydrogens (tertiary/aromatic N) is 2. The molecule has 3 aromatic rings. The number of fused-ring (bicyclic) bond motifs is 1. The largest absolute Gasteiger partial charge is 0.462 e. The maximum atomic E-state index is 13.3. The van der Waals surface area contributed by atoms with Crippen LogP contribution in [0.1, 0.15) is 18.1 Å². The topological polar surface area (TPSA) is 87.5 Å². The van der Waals surface area contributed by atoms with E-state index >= 15 is 0 Å². The second kappa shape index (κ2) is 8.69. The highest BCUT2D eigenvalue weighted by atomic mass is 32.2. The predicted molar refractivity (Wildman–Crippen MR) is 120 cm³/mol. The SMILES string of the molecule is CCOC(=O)/C(C#N)=C1/c2ccccc2S(=O)(=O)N1Cc1ccc(-c2ccccc2)cc1. The average molecular weight is 445 g/mol. The molecule has 1 heterocycles. The molecule has 7 heteroatoms. The van der Waals surface area contributed by atoms with Crippen molar-refractivity contribution in [1.82, 2.24) is 4.31 Å². The van der Waals surface area contributed by atoms with Gasteiger partial charge >= 0.3 is 5.97 Å². The van der Waals surface area contributed by atoms with Gasteiger partial charge in [-0.15, -0.1) is 0 Å². The van der Waals surface area contributed by atoms with Crippen LogP contribution < -0.4 is 0 Å². The Kier molecular flexibility index (Phi) is 5.80. The van der Waals surface area contributed by atoms with Crippen LogP contribution in [0.25, 0.3) is 16.8 Å². The molecule has 1 aliphatic heterocycles. The molecule has 0 radical (unpaired) electrons. The van der Waals surface area contributed by atoms with Crippen molar-refractivity contribution >= 4 is 21.7 Å². The van der Waals surface area contributed by atoms with Gasteiger partial charge in [-0.25, -0.2) is 13.2 Å². The monoisotopic (exact) mass is 444 g/mol. The van der Waals surface area contributed by atoms with Gasteiger partial charge in [-0.1, -0.05) is 72.8 Å². The fraction of sp³-hybridized carbons (Fsp3) is 0.120. The van der Waals surface area contributed by atoms with Crippen molar-refractivity contribution in [3.8, 4) is 17.2 Å². The molecule has 0 fully saturated rings. The van der Waals surface area contributed by atoms with Gasteiger partial charge in [0.25, 0.3) is 10.0 Å². The molecule has 0 aliphatic carbocycles. The minimum Gasteiger partial charge on any atom is -0.462 e. The number of benzene rings is 3. The quantitative estimate of drug-likeness (QED) is 0.332. The Hall–Kier alpha value is -3.89. The van der Waals surface area contributed by atoms with Gasteiger partial charge in [0.15, 0.2) is 5.57 Å². The maximum Gasteiger partial charge on any atom is 0.351 e. The molecule has 32 heavy (non-hydrogen) atoms. The summed E-state index contributed by atoms with van der Waals surface area (Å²) in [6, 6.07) is 25.6. The summed E-state index contributed by atoms with van der Waals surface area (Å²) in [6.07, 6.45) is 0. The molecule has 160 valence electrons. The first-order valence-electron chi connectivity index (χ1n) is 10.1. The second-order valence-electron chi connectivity index (χ2n) is 7.13. The number of carbonyl (C=O) groups is 1. The summed E-state index contributed by atoms with van der Waals surface area (Å²) in [5.41, 5.74) is 2.81. The molecule has 0 amide bonds. The summed E-state index contributed by atoms with van der Waals surface area (Å²) in [7, 11) is -3.94. The molecular formula is C25H20N2O4S. The Morgan fingerprint density at radius 1 is 0.938 bits per heavy atom. The highest BCUT2D eigenvalue weighted by Crippen LogP contribution is 2.41. The van der Waals surface area contributed by atoms with Gasteiger partial charge in [0.2, 0.25) is 0 Å². The number of nitriles is 1. The third-order valence-electron chi connectivity index (χ3n) is 5.18. The van der Waals surface area contributed by atoms with Gasteiger partial charge in [0, 0.05) is 5.56 Å². The van der Waals surface area contributed by atoms with Gasteiger partial charge < -0.3 is 4.74 Å². The van der Waals surface area contributed by atoms with E-state index in [9.17, 15) is 18.5 Å². The summed E-state index contributed by atoms with van der Waals surface area (Å²) in [6.45, 7) is 1.68. The van der Waals surface area contributed by atoms with E-state index in [2.05, 4.69) is 0 Å². The van der Waals surface area contributed by atoms with Crippen LogP contribution in [0.2, 0.25) is 0 Å². The number of hydrogen-bond acceptors (Lipinski definition) is 5. The van der Waals surface area contributed by atoms with E-state index in [0.717, 1.165) is 21.0 Å². The molecule has 0 spiro atoms. The van der Waals surface area contributed by atoms with Crippen LogP contribution in [0.15, 0.2) is 89.3 Å². The van der Waals surface area contributed by atoms with Gasteiger partial charge in [-0.05, 0) is 29.7 Å². The lowest BCUT2D eigenvalue weighted by atomic mass is 10.0. The summed E-state index contributed by atoms with van der Waals surface area (Å²) in [4.78, 5) is 12.5. The fourth-order valence-corrected chi connectivity index (χ4v) is 5.36. The standard InChI is InChI=1S/C25H20N2O4S/c1-2-31-25(28)22(16-26)24-21-10-6-7-11-23(21)32(29,30)27(24)17-18-12-14-20(15-13-18)19-8-4-3-5-9-19/h3-15H,2,17H2,1H3/b24-22-. The minimum atomic E-state index is -3.94. The number of hydrogen-bond donors (Lipinski definition) is 0. The summed E-state index contributed by atoms with van der Waals surface area (Å²) in [5, 5.41) is 9.70. The van der Waals surface area contributed by atoms with Crippen molar-refractivity contribution in [1.29, 1.82) is 5.26 Å². The Morgan fingerprint density at radius 3 is 2.22 bits per heavy atom. The Labute approximate surface area is 187 Å². The first kappa shape index (κ1) is 21.3. The zero-order valence-corrected chi connectivity index (χ0v) is 18.2. The van der Waals surface area contributed by atoms with Crippen molar-refractivity contribution in [3.05, 3.63) is 95.6 Å². The molecule has 0 aromatic heterocycles. The average Bonchev–Trinajstić information content (AvgIpc) is 3.03. The van der Waals surface area contributed by atoms with E-state index in [-0.39, 0.29) is 29.3 Å².